The lowest BCUT2D eigenvalue weighted by molar-refractivity contribution is 0.187. The second kappa shape index (κ2) is 10.1. The molecule has 0 saturated carbocycles. The van der Waals surface area contributed by atoms with Gasteiger partial charge in [0.05, 0.1) is 0 Å². The molecule has 1 unspecified atom stereocenters. The smallest absolute Gasteiger partial charge is 0.0217 e. The fourth-order valence-electron chi connectivity index (χ4n) is 2.03. The summed E-state index contributed by atoms with van der Waals surface area (Å²) in [6.07, 6.45) is 2.51. The molecule has 0 rings (SSSR count). The van der Waals surface area contributed by atoms with E-state index in [0.717, 1.165) is 19.6 Å². The summed E-state index contributed by atoms with van der Waals surface area (Å²) in [6.45, 7) is 12.5. The van der Waals surface area contributed by atoms with E-state index in [9.17, 15) is 0 Å². The summed E-state index contributed by atoms with van der Waals surface area (Å²) >= 11 is 0. The van der Waals surface area contributed by atoms with E-state index in [-0.39, 0.29) is 0 Å². The monoisotopic (exact) mass is 229 g/mol. The van der Waals surface area contributed by atoms with Crippen molar-refractivity contribution >= 4 is 0 Å². The second-order valence-corrected chi connectivity index (χ2v) is 4.66. The second-order valence-electron chi connectivity index (χ2n) is 4.66. The molecule has 16 heavy (non-hydrogen) atoms. The van der Waals surface area contributed by atoms with Gasteiger partial charge in [-0.2, -0.15) is 0 Å². The first kappa shape index (κ1) is 15.9. The van der Waals surface area contributed by atoms with Crippen molar-refractivity contribution in [2.45, 2.75) is 39.7 Å². The van der Waals surface area contributed by atoms with Crippen molar-refractivity contribution in [2.24, 2.45) is 0 Å². The zero-order chi connectivity index (χ0) is 12.4. The average molecular weight is 229 g/mol. The Kier molecular flexibility index (Phi) is 9.99. The van der Waals surface area contributed by atoms with Crippen LogP contribution in [0.15, 0.2) is 0 Å². The molecule has 0 amide bonds. The maximum atomic E-state index is 3.46. The Morgan fingerprint density at radius 1 is 1.06 bits per heavy atom. The number of nitrogens with one attached hydrogen (secondary N) is 1. The number of hydrogen-bond donors (Lipinski definition) is 1. The Labute approximate surface area is 102 Å². The van der Waals surface area contributed by atoms with E-state index in [1.54, 1.807) is 0 Å². The fraction of sp³-hybridized carbons (Fsp3) is 1.00. The van der Waals surface area contributed by atoms with Crippen LogP contribution in [0.5, 0.6) is 0 Å². The van der Waals surface area contributed by atoms with Crippen molar-refractivity contribution in [3.63, 3.8) is 0 Å². The van der Waals surface area contributed by atoms with Gasteiger partial charge in [0.2, 0.25) is 0 Å². The van der Waals surface area contributed by atoms with Crippen LogP contribution in [0.3, 0.4) is 0 Å². The summed E-state index contributed by atoms with van der Waals surface area (Å²) in [5.74, 6) is 0. The van der Waals surface area contributed by atoms with Gasteiger partial charge in [-0.15, -0.1) is 0 Å². The molecule has 0 aromatic heterocycles. The van der Waals surface area contributed by atoms with Crippen molar-refractivity contribution in [3.8, 4) is 0 Å². The summed E-state index contributed by atoms with van der Waals surface area (Å²) in [7, 11) is 4.29. The van der Waals surface area contributed by atoms with Crippen LogP contribution in [-0.4, -0.2) is 62.7 Å². The third-order valence-corrected chi connectivity index (χ3v) is 3.07. The molecule has 0 aliphatic carbocycles. The Bertz CT molecular complexity index is 148. The van der Waals surface area contributed by atoms with E-state index in [4.69, 9.17) is 0 Å². The molecule has 0 radical (unpaired) electrons. The molecule has 0 aliphatic rings. The molecule has 0 fully saturated rings. The Balaban J connectivity index is 3.91. The van der Waals surface area contributed by atoms with E-state index >= 15 is 0 Å². The van der Waals surface area contributed by atoms with E-state index in [1.807, 2.05) is 0 Å². The zero-order valence-electron chi connectivity index (χ0n) is 11.9. The summed E-state index contributed by atoms with van der Waals surface area (Å²) in [5, 5.41) is 3.46. The summed E-state index contributed by atoms with van der Waals surface area (Å²) in [6, 6.07) is 0.701. The maximum absolute atomic E-state index is 3.46. The SMILES string of the molecule is CCNCC(CC)N(CC)CCCN(C)C. The Morgan fingerprint density at radius 2 is 1.75 bits per heavy atom. The molecule has 0 spiro atoms. The molecule has 1 atom stereocenters. The normalized spacial score (nSPS) is 13.7. The lowest BCUT2D eigenvalue weighted by Gasteiger charge is -2.30. The van der Waals surface area contributed by atoms with Gasteiger partial charge in [-0.1, -0.05) is 20.8 Å². The van der Waals surface area contributed by atoms with Crippen LogP contribution in [0.1, 0.15) is 33.6 Å². The Hall–Kier alpha value is -0.120. The molecule has 0 aliphatic heterocycles. The predicted octanol–water partition coefficient (Wildman–Crippen LogP) is 1.65. The molecule has 0 heterocycles. The third kappa shape index (κ3) is 7.20. The van der Waals surface area contributed by atoms with Gasteiger partial charge in [0.15, 0.2) is 0 Å². The highest BCUT2D eigenvalue weighted by atomic mass is 15.2. The van der Waals surface area contributed by atoms with Gasteiger partial charge >= 0.3 is 0 Å². The van der Waals surface area contributed by atoms with Gasteiger partial charge < -0.3 is 10.2 Å². The molecule has 3 nitrogen and oxygen atoms in total. The van der Waals surface area contributed by atoms with Crippen molar-refractivity contribution in [2.75, 3.05) is 46.8 Å². The van der Waals surface area contributed by atoms with Gasteiger partial charge in [0, 0.05) is 12.6 Å². The van der Waals surface area contributed by atoms with Crippen LogP contribution in [0.4, 0.5) is 0 Å². The van der Waals surface area contributed by atoms with E-state index in [1.165, 1.54) is 25.9 Å². The van der Waals surface area contributed by atoms with Gasteiger partial charge in [-0.3, -0.25) is 4.90 Å². The largest absolute Gasteiger partial charge is 0.315 e. The minimum Gasteiger partial charge on any atom is -0.315 e. The van der Waals surface area contributed by atoms with Gasteiger partial charge in [0.25, 0.3) is 0 Å². The van der Waals surface area contributed by atoms with Gasteiger partial charge in [-0.05, 0) is 53.1 Å². The van der Waals surface area contributed by atoms with E-state index in [2.05, 4.69) is 50.0 Å². The van der Waals surface area contributed by atoms with E-state index in [0.29, 0.717) is 6.04 Å². The minimum atomic E-state index is 0.701. The molecule has 0 bridgehead atoms. The van der Waals surface area contributed by atoms with Crippen LogP contribution in [-0.2, 0) is 0 Å². The molecular formula is C13H31N3. The number of hydrogen-bond acceptors (Lipinski definition) is 3. The minimum absolute atomic E-state index is 0.701. The van der Waals surface area contributed by atoms with Crippen LogP contribution in [0.2, 0.25) is 0 Å². The number of nitrogens with zero attached hydrogens (tertiary/aromatic N) is 2. The van der Waals surface area contributed by atoms with E-state index < -0.39 is 0 Å². The third-order valence-electron chi connectivity index (χ3n) is 3.07. The number of likely N-dealkylation sites (N-methyl/N-ethyl adjacent to an activating group) is 2. The maximum Gasteiger partial charge on any atom is 0.0217 e. The standard InChI is InChI=1S/C13H31N3/c1-6-13(12-14-7-2)16(8-3)11-9-10-15(4)5/h13-14H,6-12H2,1-5H3. The first-order chi connectivity index (χ1) is 7.65. The summed E-state index contributed by atoms with van der Waals surface area (Å²) in [4.78, 5) is 4.87. The van der Waals surface area contributed by atoms with Crippen LogP contribution < -0.4 is 5.32 Å². The zero-order valence-corrected chi connectivity index (χ0v) is 11.9. The van der Waals surface area contributed by atoms with Crippen molar-refractivity contribution in [1.29, 1.82) is 0 Å². The first-order valence-electron chi connectivity index (χ1n) is 6.75. The van der Waals surface area contributed by atoms with Crippen molar-refractivity contribution < 1.29 is 0 Å². The van der Waals surface area contributed by atoms with Crippen LogP contribution in [0, 0.1) is 0 Å². The first-order valence-corrected chi connectivity index (χ1v) is 6.75. The molecule has 0 aromatic rings. The lowest BCUT2D eigenvalue weighted by atomic mass is 10.1. The molecule has 98 valence electrons. The predicted molar refractivity (Wildman–Crippen MR) is 73.0 cm³/mol. The van der Waals surface area contributed by atoms with Gasteiger partial charge in [0.1, 0.15) is 0 Å². The van der Waals surface area contributed by atoms with Gasteiger partial charge in [-0.25, -0.2) is 0 Å². The summed E-state index contributed by atoms with van der Waals surface area (Å²) in [5.41, 5.74) is 0. The van der Waals surface area contributed by atoms with Crippen LogP contribution >= 0.6 is 0 Å². The Morgan fingerprint density at radius 3 is 2.19 bits per heavy atom. The van der Waals surface area contributed by atoms with Crippen LogP contribution in [0.25, 0.3) is 0 Å². The highest BCUT2D eigenvalue weighted by Gasteiger charge is 2.13. The number of rotatable bonds is 10. The van der Waals surface area contributed by atoms with Crippen molar-refractivity contribution in [3.05, 3.63) is 0 Å². The molecule has 0 saturated heterocycles. The molecule has 1 N–H and O–H groups in total. The van der Waals surface area contributed by atoms with Crippen molar-refractivity contribution in [1.82, 2.24) is 15.1 Å². The molecule has 3 heteroatoms. The topological polar surface area (TPSA) is 18.5 Å². The average Bonchev–Trinajstić information content (AvgIpc) is 2.27. The molecular weight excluding hydrogens is 198 g/mol. The lowest BCUT2D eigenvalue weighted by Crippen LogP contribution is -2.43. The fourth-order valence-corrected chi connectivity index (χ4v) is 2.03. The quantitative estimate of drug-likeness (QED) is 0.614. The highest BCUT2D eigenvalue weighted by Crippen LogP contribution is 2.04. The molecule has 0 aromatic carbocycles. The summed E-state index contributed by atoms with van der Waals surface area (Å²) < 4.78 is 0. The highest BCUT2D eigenvalue weighted by molar-refractivity contribution is 4.72.